The highest BCUT2D eigenvalue weighted by Crippen LogP contribution is 2.21. The highest BCUT2D eigenvalue weighted by Gasteiger charge is 2.20. The van der Waals surface area contributed by atoms with Crippen molar-refractivity contribution in [1.82, 2.24) is 5.32 Å². The van der Waals surface area contributed by atoms with Gasteiger partial charge in [0.05, 0.1) is 0 Å². The van der Waals surface area contributed by atoms with Crippen molar-refractivity contribution in [3.05, 3.63) is 35.4 Å². The van der Waals surface area contributed by atoms with Crippen LogP contribution >= 0.6 is 0 Å². The first-order chi connectivity index (χ1) is 8.15. The molecule has 1 aliphatic rings. The third kappa shape index (κ3) is 3.55. The van der Waals surface area contributed by atoms with E-state index < -0.39 is 0 Å². The Balaban J connectivity index is 1.91. The normalized spacial score (nSPS) is 26.8. The highest BCUT2D eigenvalue weighted by molar-refractivity contribution is 5.23. The molecule has 2 nitrogen and oxygen atoms in total. The van der Waals surface area contributed by atoms with Crippen molar-refractivity contribution in [2.45, 2.75) is 57.7 Å². The molecule has 1 fully saturated rings. The number of hydrogen-bond acceptors (Lipinski definition) is 2. The lowest BCUT2D eigenvalue weighted by Gasteiger charge is -2.30. The van der Waals surface area contributed by atoms with Crippen LogP contribution in [0.15, 0.2) is 24.3 Å². The standard InChI is InChI=1S/C15H24N2/c1-11-6-8-13(9-7-11)12(2)17-15-5-3-4-14(16)10-15/h6-9,12,14-15,17H,3-5,10,16H2,1-2H3. The summed E-state index contributed by atoms with van der Waals surface area (Å²) in [7, 11) is 0. The van der Waals surface area contributed by atoms with Crippen LogP contribution in [0.2, 0.25) is 0 Å². The van der Waals surface area contributed by atoms with Crippen LogP contribution in [-0.2, 0) is 0 Å². The van der Waals surface area contributed by atoms with Gasteiger partial charge < -0.3 is 11.1 Å². The number of rotatable bonds is 3. The van der Waals surface area contributed by atoms with Gasteiger partial charge in [-0.25, -0.2) is 0 Å². The molecule has 1 saturated carbocycles. The molecular weight excluding hydrogens is 208 g/mol. The fourth-order valence-corrected chi connectivity index (χ4v) is 2.68. The molecule has 2 heteroatoms. The maximum atomic E-state index is 6.02. The Hall–Kier alpha value is -0.860. The molecule has 94 valence electrons. The van der Waals surface area contributed by atoms with E-state index in [0.29, 0.717) is 18.1 Å². The Bertz CT molecular complexity index is 344. The van der Waals surface area contributed by atoms with Crippen molar-refractivity contribution in [1.29, 1.82) is 0 Å². The summed E-state index contributed by atoms with van der Waals surface area (Å²) in [5.41, 5.74) is 8.71. The molecule has 17 heavy (non-hydrogen) atoms. The van der Waals surface area contributed by atoms with Crippen molar-refractivity contribution < 1.29 is 0 Å². The van der Waals surface area contributed by atoms with E-state index in [4.69, 9.17) is 5.73 Å². The van der Waals surface area contributed by atoms with Gasteiger partial charge in [0.15, 0.2) is 0 Å². The predicted octanol–water partition coefficient (Wildman–Crippen LogP) is 2.92. The van der Waals surface area contributed by atoms with Gasteiger partial charge in [0.1, 0.15) is 0 Å². The van der Waals surface area contributed by atoms with Crippen LogP contribution in [0.4, 0.5) is 0 Å². The Kier molecular flexibility index (Phi) is 4.19. The van der Waals surface area contributed by atoms with E-state index in [9.17, 15) is 0 Å². The maximum Gasteiger partial charge on any atom is 0.0294 e. The van der Waals surface area contributed by atoms with Crippen LogP contribution in [0.25, 0.3) is 0 Å². The fraction of sp³-hybridized carbons (Fsp3) is 0.600. The molecule has 1 aromatic carbocycles. The van der Waals surface area contributed by atoms with Crippen molar-refractivity contribution in [3.8, 4) is 0 Å². The smallest absolute Gasteiger partial charge is 0.0294 e. The van der Waals surface area contributed by atoms with Crippen LogP contribution in [0, 0.1) is 6.92 Å². The molecule has 0 amide bonds. The van der Waals surface area contributed by atoms with E-state index in [1.165, 1.54) is 30.4 Å². The first-order valence-electron chi connectivity index (χ1n) is 6.73. The van der Waals surface area contributed by atoms with Gasteiger partial charge in [-0.2, -0.15) is 0 Å². The topological polar surface area (TPSA) is 38.0 Å². The van der Waals surface area contributed by atoms with Crippen LogP contribution in [0.1, 0.15) is 49.8 Å². The van der Waals surface area contributed by atoms with Gasteiger partial charge >= 0.3 is 0 Å². The number of aryl methyl sites for hydroxylation is 1. The Morgan fingerprint density at radius 1 is 1.24 bits per heavy atom. The zero-order valence-corrected chi connectivity index (χ0v) is 10.9. The molecule has 3 N–H and O–H groups in total. The fourth-order valence-electron chi connectivity index (χ4n) is 2.68. The Morgan fingerprint density at radius 3 is 2.59 bits per heavy atom. The highest BCUT2D eigenvalue weighted by atomic mass is 15.0. The zero-order chi connectivity index (χ0) is 12.3. The summed E-state index contributed by atoms with van der Waals surface area (Å²) in [5.74, 6) is 0. The lowest BCUT2D eigenvalue weighted by atomic mass is 9.90. The zero-order valence-electron chi connectivity index (χ0n) is 10.9. The van der Waals surface area contributed by atoms with Crippen LogP contribution in [-0.4, -0.2) is 12.1 Å². The van der Waals surface area contributed by atoms with Crippen LogP contribution < -0.4 is 11.1 Å². The van der Waals surface area contributed by atoms with Crippen molar-refractivity contribution in [2.75, 3.05) is 0 Å². The Labute approximate surface area is 105 Å². The summed E-state index contributed by atoms with van der Waals surface area (Å²) < 4.78 is 0. The lowest BCUT2D eigenvalue weighted by Crippen LogP contribution is -2.40. The minimum atomic E-state index is 0.395. The van der Waals surface area contributed by atoms with Gasteiger partial charge in [0.2, 0.25) is 0 Å². The summed E-state index contributed by atoms with van der Waals surface area (Å²) in [5, 5.41) is 3.70. The second-order valence-corrected chi connectivity index (χ2v) is 5.42. The van der Waals surface area contributed by atoms with E-state index in [1.54, 1.807) is 0 Å². The monoisotopic (exact) mass is 232 g/mol. The van der Waals surface area contributed by atoms with E-state index in [1.807, 2.05) is 0 Å². The molecule has 1 aliphatic carbocycles. The van der Waals surface area contributed by atoms with E-state index >= 15 is 0 Å². The molecule has 3 atom stereocenters. The quantitative estimate of drug-likeness (QED) is 0.841. The van der Waals surface area contributed by atoms with Gasteiger partial charge in [0, 0.05) is 18.1 Å². The molecule has 3 unspecified atom stereocenters. The molecule has 0 saturated heterocycles. The molecule has 2 rings (SSSR count). The molecule has 0 heterocycles. The number of benzene rings is 1. The van der Waals surface area contributed by atoms with E-state index in [0.717, 1.165) is 6.42 Å². The van der Waals surface area contributed by atoms with Crippen molar-refractivity contribution in [2.24, 2.45) is 5.73 Å². The average Bonchev–Trinajstić information content (AvgIpc) is 2.29. The summed E-state index contributed by atoms with van der Waals surface area (Å²) in [6.07, 6.45) is 4.84. The predicted molar refractivity (Wildman–Crippen MR) is 73.0 cm³/mol. The third-order valence-corrected chi connectivity index (χ3v) is 3.78. The summed E-state index contributed by atoms with van der Waals surface area (Å²) >= 11 is 0. The van der Waals surface area contributed by atoms with Gasteiger partial charge in [-0.3, -0.25) is 0 Å². The van der Waals surface area contributed by atoms with Gasteiger partial charge in [-0.15, -0.1) is 0 Å². The van der Waals surface area contributed by atoms with Crippen molar-refractivity contribution >= 4 is 0 Å². The van der Waals surface area contributed by atoms with E-state index in [-0.39, 0.29) is 0 Å². The second kappa shape index (κ2) is 5.65. The summed E-state index contributed by atoms with van der Waals surface area (Å²) in [6, 6.07) is 10.2. The minimum absolute atomic E-state index is 0.395. The summed E-state index contributed by atoms with van der Waals surface area (Å²) in [6.45, 7) is 4.37. The number of nitrogens with one attached hydrogen (secondary N) is 1. The second-order valence-electron chi connectivity index (χ2n) is 5.42. The molecule has 0 aliphatic heterocycles. The first kappa shape index (κ1) is 12.6. The Morgan fingerprint density at radius 2 is 1.94 bits per heavy atom. The van der Waals surface area contributed by atoms with Gasteiger partial charge in [-0.1, -0.05) is 36.2 Å². The number of nitrogens with two attached hydrogens (primary N) is 1. The molecule has 0 aromatic heterocycles. The minimum Gasteiger partial charge on any atom is -0.328 e. The van der Waals surface area contributed by atoms with Crippen LogP contribution in [0.3, 0.4) is 0 Å². The van der Waals surface area contributed by atoms with Crippen molar-refractivity contribution in [3.63, 3.8) is 0 Å². The number of hydrogen-bond donors (Lipinski definition) is 2. The SMILES string of the molecule is Cc1ccc(C(C)NC2CCCC(N)C2)cc1. The average molecular weight is 232 g/mol. The molecule has 1 aromatic rings. The van der Waals surface area contributed by atoms with Gasteiger partial charge in [-0.05, 0) is 38.7 Å². The van der Waals surface area contributed by atoms with E-state index in [2.05, 4.69) is 43.4 Å². The van der Waals surface area contributed by atoms with Gasteiger partial charge in [0.25, 0.3) is 0 Å². The summed E-state index contributed by atoms with van der Waals surface area (Å²) in [4.78, 5) is 0. The third-order valence-electron chi connectivity index (χ3n) is 3.78. The largest absolute Gasteiger partial charge is 0.328 e. The molecule has 0 spiro atoms. The molecule has 0 bridgehead atoms. The maximum absolute atomic E-state index is 6.02. The molecular formula is C15H24N2. The van der Waals surface area contributed by atoms with Crippen LogP contribution in [0.5, 0.6) is 0 Å². The lowest BCUT2D eigenvalue weighted by molar-refractivity contribution is 0.319. The molecule has 0 radical (unpaired) electrons. The first-order valence-corrected chi connectivity index (χ1v) is 6.73.